The summed E-state index contributed by atoms with van der Waals surface area (Å²) in [6, 6.07) is 14.3. The van der Waals surface area contributed by atoms with E-state index in [1.165, 1.54) is 23.5 Å². The number of piperidine rings is 1. The highest BCUT2D eigenvalue weighted by Gasteiger charge is 2.31. The number of carbonyl (C=O) groups excluding carboxylic acids is 1. The lowest BCUT2D eigenvalue weighted by Gasteiger charge is -2.35. The molecular formula is C28H25FN6OS. The lowest BCUT2D eigenvalue weighted by Crippen LogP contribution is -2.49. The third kappa shape index (κ3) is 4.52. The van der Waals surface area contributed by atoms with Gasteiger partial charge in [-0.05, 0) is 73.0 Å². The lowest BCUT2D eigenvalue weighted by atomic mass is 10.0. The first-order chi connectivity index (χ1) is 18.1. The molecule has 186 valence electrons. The van der Waals surface area contributed by atoms with Gasteiger partial charge < -0.3 is 10.6 Å². The number of anilines is 3. The fourth-order valence-corrected chi connectivity index (χ4v) is 5.64. The van der Waals surface area contributed by atoms with Crippen molar-refractivity contribution < 1.29 is 9.18 Å². The minimum atomic E-state index is -0.613. The number of hydrogen-bond acceptors (Lipinski definition) is 7. The minimum Gasteiger partial charge on any atom is -0.324 e. The van der Waals surface area contributed by atoms with E-state index in [2.05, 4.69) is 25.6 Å². The minimum absolute atomic E-state index is 0.00172. The molecule has 2 aromatic carbocycles. The Balaban J connectivity index is 1.36. The number of nitrogens with zero attached hydrogens (tertiary/aromatic N) is 4. The number of fused-ring (bicyclic) bond motifs is 2. The molecule has 3 aromatic heterocycles. The van der Waals surface area contributed by atoms with Crippen LogP contribution in [-0.4, -0.2) is 40.0 Å². The molecule has 1 fully saturated rings. The van der Waals surface area contributed by atoms with Gasteiger partial charge in [0.05, 0.1) is 11.6 Å². The van der Waals surface area contributed by atoms with Crippen LogP contribution in [0.5, 0.6) is 0 Å². The van der Waals surface area contributed by atoms with Crippen molar-refractivity contribution in [2.75, 3.05) is 23.3 Å². The fourth-order valence-electron chi connectivity index (χ4n) is 4.90. The largest absolute Gasteiger partial charge is 0.324 e. The van der Waals surface area contributed by atoms with Gasteiger partial charge in [-0.2, -0.15) is 0 Å². The zero-order chi connectivity index (χ0) is 25.4. The standard InChI is InChI=1S/C28H25FN6OS/c1-17-4-2-5-18-9-12-31-25(24(17)18)35(21-6-3-11-30-16-21)27(36)22-8-7-20(14-23(22)29)33-28-32-15-19-10-13-37-26(19)34-28/h2,4-5,7-10,12-15,21,30H,3,6,11,16H2,1H3,(H,32,33,34)/t21-/m1/s1. The molecule has 1 amide bonds. The second-order valence-corrected chi connectivity index (χ2v) is 10.1. The van der Waals surface area contributed by atoms with Crippen molar-refractivity contribution in [1.29, 1.82) is 0 Å². The van der Waals surface area contributed by atoms with Gasteiger partial charge >= 0.3 is 0 Å². The number of carbonyl (C=O) groups is 1. The second-order valence-electron chi connectivity index (χ2n) is 9.18. The van der Waals surface area contributed by atoms with Gasteiger partial charge in [-0.1, -0.05) is 18.2 Å². The Bertz CT molecular complexity index is 1610. The number of aromatic nitrogens is 3. The van der Waals surface area contributed by atoms with E-state index in [1.54, 1.807) is 23.4 Å². The summed E-state index contributed by atoms with van der Waals surface area (Å²) in [6.07, 6.45) is 5.18. The van der Waals surface area contributed by atoms with Crippen LogP contribution in [0.25, 0.3) is 21.0 Å². The van der Waals surface area contributed by atoms with E-state index in [0.717, 1.165) is 45.9 Å². The van der Waals surface area contributed by atoms with Crippen LogP contribution in [-0.2, 0) is 0 Å². The van der Waals surface area contributed by atoms with Crippen LogP contribution in [0.3, 0.4) is 0 Å². The van der Waals surface area contributed by atoms with Gasteiger partial charge in [0.15, 0.2) is 0 Å². The fraction of sp³-hybridized carbons (Fsp3) is 0.214. The molecule has 0 bridgehead atoms. The van der Waals surface area contributed by atoms with Crippen LogP contribution < -0.4 is 15.5 Å². The number of halogens is 1. The third-order valence-corrected chi connectivity index (χ3v) is 7.55. The summed E-state index contributed by atoms with van der Waals surface area (Å²) in [7, 11) is 0. The van der Waals surface area contributed by atoms with Crippen molar-refractivity contribution in [2.45, 2.75) is 25.8 Å². The SMILES string of the molecule is Cc1cccc2ccnc(N(C(=O)c3ccc(Nc4ncc5ccsc5n4)cc3F)[C@@H]3CCCNC3)c12. The molecule has 0 aliphatic carbocycles. The molecule has 0 radical (unpaired) electrons. The highest BCUT2D eigenvalue weighted by molar-refractivity contribution is 7.16. The molecule has 6 rings (SSSR count). The summed E-state index contributed by atoms with van der Waals surface area (Å²) in [5.74, 6) is -0.0810. The first-order valence-electron chi connectivity index (χ1n) is 12.2. The number of rotatable bonds is 5. The average Bonchev–Trinajstić information content (AvgIpc) is 3.38. The molecule has 5 aromatic rings. The van der Waals surface area contributed by atoms with Crippen molar-refractivity contribution in [3.8, 4) is 0 Å². The van der Waals surface area contributed by atoms with Crippen molar-refractivity contribution in [3.05, 3.63) is 83.2 Å². The lowest BCUT2D eigenvalue weighted by molar-refractivity contribution is 0.0968. The summed E-state index contributed by atoms with van der Waals surface area (Å²) in [6.45, 7) is 3.53. The molecule has 0 unspecified atom stereocenters. The number of pyridine rings is 1. The monoisotopic (exact) mass is 512 g/mol. The first-order valence-corrected chi connectivity index (χ1v) is 13.1. The quantitative estimate of drug-likeness (QED) is 0.308. The molecule has 37 heavy (non-hydrogen) atoms. The van der Waals surface area contributed by atoms with E-state index >= 15 is 4.39 Å². The van der Waals surface area contributed by atoms with Gasteiger partial charge in [0.2, 0.25) is 5.95 Å². The zero-order valence-electron chi connectivity index (χ0n) is 20.2. The molecule has 9 heteroatoms. The molecule has 0 saturated carbocycles. The van der Waals surface area contributed by atoms with E-state index in [1.807, 2.05) is 42.6 Å². The second kappa shape index (κ2) is 9.84. The first kappa shape index (κ1) is 23.4. The Labute approximate surface area is 217 Å². The number of amides is 1. The molecular weight excluding hydrogens is 487 g/mol. The van der Waals surface area contributed by atoms with Gasteiger partial charge in [0.25, 0.3) is 5.91 Å². The summed E-state index contributed by atoms with van der Waals surface area (Å²) in [5.41, 5.74) is 1.48. The highest BCUT2D eigenvalue weighted by atomic mass is 32.1. The Morgan fingerprint density at radius 3 is 2.92 bits per heavy atom. The highest BCUT2D eigenvalue weighted by Crippen LogP contribution is 2.32. The zero-order valence-corrected chi connectivity index (χ0v) is 21.1. The molecule has 7 nitrogen and oxygen atoms in total. The smallest absolute Gasteiger partial charge is 0.262 e. The van der Waals surface area contributed by atoms with E-state index in [0.29, 0.717) is 24.0 Å². The van der Waals surface area contributed by atoms with Gasteiger partial charge in [-0.15, -0.1) is 11.3 Å². The number of nitrogens with one attached hydrogen (secondary N) is 2. The van der Waals surface area contributed by atoms with Gasteiger partial charge in [0, 0.05) is 35.4 Å². The summed E-state index contributed by atoms with van der Waals surface area (Å²) in [5, 5.41) is 11.2. The summed E-state index contributed by atoms with van der Waals surface area (Å²) in [4.78, 5) is 29.9. The van der Waals surface area contributed by atoms with Gasteiger partial charge in [0.1, 0.15) is 16.5 Å². The molecule has 2 N–H and O–H groups in total. The third-order valence-electron chi connectivity index (χ3n) is 6.73. The van der Waals surface area contributed by atoms with E-state index in [9.17, 15) is 4.79 Å². The number of thiophene rings is 1. The number of hydrogen-bond donors (Lipinski definition) is 2. The van der Waals surface area contributed by atoms with E-state index in [4.69, 9.17) is 0 Å². The number of aryl methyl sites for hydroxylation is 1. The summed E-state index contributed by atoms with van der Waals surface area (Å²) < 4.78 is 15.5. The Morgan fingerprint density at radius 1 is 1.16 bits per heavy atom. The normalized spacial score (nSPS) is 15.7. The Morgan fingerprint density at radius 2 is 2.08 bits per heavy atom. The van der Waals surface area contributed by atoms with Crippen LogP contribution in [0.4, 0.5) is 21.8 Å². The number of benzene rings is 2. The molecule has 1 saturated heterocycles. The summed E-state index contributed by atoms with van der Waals surface area (Å²) >= 11 is 1.51. The van der Waals surface area contributed by atoms with Crippen LogP contribution in [0.15, 0.2) is 66.3 Å². The predicted molar refractivity (Wildman–Crippen MR) is 146 cm³/mol. The maximum atomic E-state index is 15.5. The Kier molecular flexibility index (Phi) is 6.23. The van der Waals surface area contributed by atoms with Crippen LogP contribution in [0.1, 0.15) is 28.8 Å². The van der Waals surface area contributed by atoms with Crippen LogP contribution in [0.2, 0.25) is 0 Å². The maximum absolute atomic E-state index is 15.5. The van der Waals surface area contributed by atoms with Crippen LogP contribution in [0, 0.1) is 12.7 Å². The van der Waals surface area contributed by atoms with E-state index < -0.39 is 11.7 Å². The van der Waals surface area contributed by atoms with Crippen molar-refractivity contribution in [2.24, 2.45) is 0 Å². The van der Waals surface area contributed by atoms with E-state index in [-0.39, 0.29) is 11.6 Å². The Hall–Kier alpha value is -3.95. The van der Waals surface area contributed by atoms with Crippen LogP contribution >= 0.6 is 11.3 Å². The van der Waals surface area contributed by atoms with Gasteiger partial charge in [-0.25, -0.2) is 19.3 Å². The molecule has 1 aliphatic rings. The van der Waals surface area contributed by atoms with Crippen molar-refractivity contribution in [3.63, 3.8) is 0 Å². The predicted octanol–water partition coefficient (Wildman–Crippen LogP) is 5.83. The molecule has 1 atom stereocenters. The van der Waals surface area contributed by atoms with Crippen molar-refractivity contribution >= 4 is 55.7 Å². The molecule has 4 heterocycles. The molecule has 1 aliphatic heterocycles. The topological polar surface area (TPSA) is 83.0 Å². The van der Waals surface area contributed by atoms with Crippen molar-refractivity contribution in [1.82, 2.24) is 20.3 Å². The van der Waals surface area contributed by atoms with Gasteiger partial charge in [-0.3, -0.25) is 9.69 Å². The average molecular weight is 513 g/mol. The maximum Gasteiger partial charge on any atom is 0.262 e. The molecule has 0 spiro atoms.